The predicted octanol–water partition coefficient (Wildman–Crippen LogP) is 2.21. The van der Waals surface area contributed by atoms with E-state index in [0.717, 1.165) is 12.1 Å². The minimum absolute atomic E-state index is 0.0873. The summed E-state index contributed by atoms with van der Waals surface area (Å²) in [5, 5.41) is 5.87. The second-order valence-corrected chi connectivity index (χ2v) is 5.58. The second-order valence-electron chi connectivity index (χ2n) is 5.58. The lowest BCUT2D eigenvalue weighted by Gasteiger charge is -2.19. The topological polar surface area (TPSA) is 41.1 Å². The maximum atomic E-state index is 11.5. The van der Waals surface area contributed by atoms with Gasteiger partial charge in [-0.3, -0.25) is 4.79 Å². The summed E-state index contributed by atoms with van der Waals surface area (Å²) < 4.78 is 0. The molecule has 1 aromatic rings. The van der Waals surface area contributed by atoms with Gasteiger partial charge in [-0.05, 0) is 23.6 Å². The molecule has 0 aliphatic heterocycles. The van der Waals surface area contributed by atoms with E-state index in [1.54, 1.807) is 0 Å². The molecule has 100 valence electrons. The van der Waals surface area contributed by atoms with E-state index in [1.165, 1.54) is 5.56 Å². The first-order valence-corrected chi connectivity index (χ1v) is 6.44. The van der Waals surface area contributed by atoms with Crippen molar-refractivity contribution in [2.75, 3.05) is 13.6 Å². The van der Waals surface area contributed by atoms with Gasteiger partial charge in [0.25, 0.3) is 0 Å². The van der Waals surface area contributed by atoms with Crippen molar-refractivity contribution in [3.63, 3.8) is 0 Å². The van der Waals surface area contributed by atoms with Crippen LogP contribution in [0.25, 0.3) is 0 Å². The molecule has 0 saturated heterocycles. The number of nitrogens with one attached hydrogen (secondary N) is 2. The lowest BCUT2D eigenvalue weighted by molar-refractivity contribution is -0.121. The molecule has 1 rings (SSSR count). The van der Waals surface area contributed by atoms with Crippen LogP contribution >= 0.6 is 0 Å². The van der Waals surface area contributed by atoms with Crippen molar-refractivity contribution >= 4 is 5.91 Å². The van der Waals surface area contributed by atoms with Crippen molar-refractivity contribution in [1.29, 1.82) is 0 Å². The summed E-state index contributed by atoms with van der Waals surface area (Å²) in [4.78, 5) is 11.5. The third-order valence-corrected chi connectivity index (χ3v) is 2.91. The molecule has 0 aromatic heterocycles. The number of carbonyl (C=O) groups excluding carboxylic acids is 1. The predicted molar refractivity (Wildman–Crippen MR) is 75.5 cm³/mol. The van der Waals surface area contributed by atoms with Gasteiger partial charge in [-0.15, -0.1) is 0 Å². The molecule has 0 saturated carbocycles. The lowest BCUT2D eigenvalue weighted by atomic mass is 9.87. The minimum atomic E-state index is 0.0873. The molecule has 0 fully saturated rings. The minimum Gasteiger partial charge on any atom is -0.352 e. The first-order chi connectivity index (χ1) is 8.43. The lowest BCUT2D eigenvalue weighted by Crippen LogP contribution is -2.26. The monoisotopic (exact) mass is 248 g/mol. The largest absolute Gasteiger partial charge is 0.352 e. The Labute approximate surface area is 110 Å². The van der Waals surface area contributed by atoms with Gasteiger partial charge < -0.3 is 10.6 Å². The van der Waals surface area contributed by atoms with E-state index in [2.05, 4.69) is 55.7 Å². The molecule has 0 bridgehead atoms. The smallest absolute Gasteiger partial charge is 0.221 e. The highest BCUT2D eigenvalue weighted by Crippen LogP contribution is 2.22. The highest BCUT2D eigenvalue weighted by atomic mass is 16.1. The SMILES string of the molecule is CNCCC(=O)NCc1ccc(C(C)(C)C)cc1. The van der Waals surface area contributed by atoms with E-state index in [4.69, 9.17) is 0 Å². The van der Waals surface area contributed by atoms with Gasteiger partial charge in [-0.2, -0.15) is 0 Å². The summed E-state index contributed by atoms with van der Waals surface area (Å²) in [5.74, 6) is 0.0873. The number of amides is 1. The Bertz CT molecular complexity index is 376. The molecule has 0 aliphatic rings. The molecule has 0 heterocycles. The summed E-state index contributed by atoms with van der Waals surface area (Å²) in [6, 6.07) is 8.43. The average Bonchev–Trinajstić information content (AvgIpc) is 2.33. The molecule has 0 spiro atoms. The van der Waals surface area contributed by atoms with Crippen molar-refractivity contribution in [2.24, 2.45) is 0 Å². The van der Waals surface area contributed by atoms with Crippen LogP contribution in [0.4, 0.5) is 0 Å². The highest BCUT2D eigenvalue weighted by molar-refractivity contribution is 5.76. The van der Waals surface area contributed by atoms with Crippen LogP contribution < -0.4 is 10.6 Å². The quantitative estimate of drug-likeness (QED) is 0.839. The molecular formula is C15H24N2O. The zero-order valence-electron chi connectivity index (χ0n) is 11.8. The summed E-state index contributed by atoms with van der Waals surface area (Å²) in [6.45, 7) is 7.91. The van der Waals surface area contributed by atoms with Gasteiger partial charge in [0.05, 0.1) is 0 Å². The van der Waals surface area contributed by atoms with Gasteiger partial charge in [-0.1, -0.05) is 45.0 Å². The number of hydrogen-bond acceptors (Lipinski definition) is 2. The van der Waals surface area contributed by atoms with Crippen LogP contribution in [0.3, 0.4) is 0 Å². The standard InChI is InChI=1S/C15H24N2O/c1-15(2,3)13-7-5-12(6-8-13)11-17-14(18)9-10-16-4/h5-8,16H,9-11H2,1-4H3,(H,17,18). The van der Waals surface area contributed by atoms with Crippen LogP contribution in [0.1, 0.15) is 38.3 Å². The normalized spacial score (nSPS) is 11.3. The molecule has 0 aliphatic carbocycles. The van der Waals surface area contributed by atoms with E-state index in [-0.39, 0.29) is 11.3 Å². The summed E-state index contributed by atoms with van der Waals surface area (Å²) in [6.07, 6.45) is 0.524. The zero-order valence-corrected chi connectivity index (χ0v) is 11.8. The van der Waals surface area contributed by atoms with E-state index in [9.17, 15) is 4.79 Å². The Morgan fingerprint density at radius 1 is 1.17 bits per heavy atom. The van der Waals surface area contributed by atoms with Crippen LogP contribution in [-0.4, -0.2) is 19.5 Å². The third-order valence-electron chi connectivity index (χ3n) is 2.91. The molecule has 3 nitrogen and oxygen atoms in total. The Balaban J connectivity index is 2.47. The summed E-state index contributed by atoms with van der Waals surface area (Å²) in [5.41, 5.74) is 2.63. The highest BCUT2D eigenvalue weighted by Gasteiger charge is 2.12. The fourth-order valence-corrected chi connectivity index (χ4v) is 1.65. The van der Waals surface area contributed by atoms with Gasteiger partial charge in [0, 0.05) is 19.5 Å². The number of carbonyl (C=O) groups is 1. The summed E-state index contributed by atoms with van der Waals surface area (Å²) >= 11 is 0. The molecular weight excluding hydrogens is 224 g/mol. The Hall–Kier alpha value is -1.35. The summed E-state index contributed by atoms with van der Waals surface area (Å²) in [7, 11) is 1.85. The first kappa shape index (κ1) is 14.7. The Morgan fingerprint density at radius 3 is 2.28 bits per heavy atom. The molecule has 0 unspecified atom stereocenters. The fourth-order valence-electron chi connectivity index (χ4n) is 1.65. The number of benzene rings is 1. The van der Waals surface area contributed by atoms with E-state index < -0.39 is 0 Å². The van der Waals surface area contributed by atoms with Crippen molar-refractivity contribution in [3.05, 3.63) is 35.4 Å². The van der Waals surface area contributed by atoms with E-state index in [1.807, 2.05) is 7.05 Å². The first-order valence-electron chi connectivity index (χ1n) is 6.44. The maximum absolute atomic E-state index is 11.5. The molecule has 2 N–H and O–H groups in total. The van der Waals surface area contributed by atoms with Crippen molar-refractivity contribution in [2.45, 2.75) is 39.2 Å². The zero-order chi connectivity index (χ0) is 13.6. The molecule has 1 amide bonds. The third kappa shape index (κ3) is 4.88. The number of rotatable bonds is 5. The molecule has 3 heteroatoms. The van der Waals surface area contributed by atoms with Crippen molar-refractivity contribution in [3.8, 4) is 0 Å². The number of hydrogen-bond donors (Lipinski definition) is 2. The van der Waals surface area contributed by atoms with Gasteiger partial charge in [0.2, 0.25) is 5.91 Å². The molecule has 0 radical (unpaired) electrons. The molecule has 1 aromatic carbocycles. The van der Waals surface area contributed by atoms with Crippen LogP contribution in [-0.2, 0) is 16.8 Å². The Kier molecular flexibility index (Phi) is 5.35. The molecule has 18 heavy (non-hydrogen) atoms. The Morgan fingerprint density at radius 2 is 1.78 bits per heavy atom. The van der Waals surface area contributed by atoms with E-state index >= 15 is 0 Å². The second kappa shape index (κ2) is 6.55. The maximum Gasteiger partial charge on any atom is 0.221 e. The average molecular weight is 248 g/mol. The van der Waals surface area contributed by atoms with Crippen LogP contribution in [0.15, 0.2) is 24.3 Å². The van der Waals surface area contributed by atoms with Gasteiger partial charge >= 0.3 is 0 Å². The van der Waals surface area contributed by atoms with Crippen LogP contribution in [0.5, 0.6) is 0 Å². The van der Waals surface area contributed by atoms with Crippen LogP contribution in [0.2, 0.25) is 0 Å². The molecule has 0 atom stereocenters. The van der Waals surface area contributed by atoms with E-state index in [0.29, 0.717) is 13.0 Å². The van der Waals surface area contributed by atoms with Crippen molar-refractivity contribution < 1.29 is 4.79 Å². The van der Waals surface area contributed by atoms with Gasteiger partial charge in [0.1, 0.15) is 0 Å². The van der Waals surface area contributed by atoms with Gasteiger partial charge in [0.15, 0.2) is 0 Å². The van der Waals surface area contributed by atoms with Crippen LogP contribution in [0, 0.1) is 0 Å². The fraction of sp³-hybridized carbons (Fsp3) is 0.533. The van der Waals surface area contributed by atoms with Crippen molar-refractivity contribution in [1.82, 2.24) is 10.6 Å². The van der Waals surface area contributed by atoms with Gasteiger partial charge in [-0.25, -0.2) is 0 Å².